The molecule has 0 fully saturated rings. The van der Waals surface area contributed by atoms with E-state index in [1.807, 2.05) is 24.3 Å². The Kier molecular flexibility index (Phi) is 8.18. The van der Waals surface area contributed by atoms with Crippen molar-refractivity contribution in [3.05, 3.63) is 91.4 Å². The first kappa shape index (κ1) is 24.4. The number of aromatic nitrogens is 6. The van der Waals surface area contributed by atoms with E-state index in [9.17, 15) is 0 Å². The Bertz CT molecular complexity index is 1360. The van der Waals surface area contributed by atoms with E-state index in [1.165, 1.54) is 0 Å². The third-order valence-electron chi connectivity index (χ3n) is 4.61. The molecule has 4 heterocycles. The predicted molar refractivity (Wildman–Crippen MR) is 128 cm³/mol. The van der Waals surface area contributed by atoms with Crippen LogP contribution in [-0.4, -0.2) is 29.5 Å². The van der Waals surface area contributed by atoms with Crippen molar-refractivity contribution in [3.8, 4) is 12.1 Å². The molecule has 0 aromatic carbocycles. The minimum absolute atomic E-state index is 0.462. The molecule has 0 saturated heterocycles. The standard InChI is InChI=1S/C11H8BrClN4.C11H9ClN4/c1-17-9(6-14)10(12)8(16-17)5-7-3-2-4-15-11(7)13;1-16-10(7-13)6-9(15-16)5-8-3-2-4-14-11(8)12/h2-4H,5H2,1H3;2-4,6H,5H2,1H3. The van der Waals surface area contributed by atoms with E-state index in [1.54, 1.807) is 41.9 Å². The zero-order valence-electron chi connectivity index (χ0n) is 17.7. The molecule has 11 heteroatoms. The molecule has 0 bridgehead atoms. The zero-order valence-corrected chi connectivity index (χ0v) is 20.8. The number of hydrogen-bond acceptors (Lipinski definition) is 6. The van der Waals surface area contributed by atoms with E-state index in [0.717, 1.165) is 22.5 Å². The molecule has 4 rings (SSSR count). The molecule has 166 valence electrons. The van der Waals surface area contributed by atoms with Crippen molar-refractivity contribution >= 4 is 39.1 Å². The highest BCUT2D eigenvalue weighted by atomic mass is 79.9. The van der Waals surface area contributed by atoms with Crippen LogP contribution >= 0.6 is 39.1 Å². The van der Waals surface area contributed by atoms with Crippen LogP contribution in [0.25, 0.3) is 0 Å². The molecule has 0 amide bonds. The summed E-state index contributed by atoms with van der Waals surface area (Å²) in [6, 6.07) is 13.4. The Morgan fingerprint density at radius 2 is 1.52 bits per heavy atom. The van der Waals surface area contributed by atoms with Crippen molar-refractivity contribution in [1.29, 1.82) is 10.5 Å². The van der Waals surface area contributed by atoms with Gasteiger partial charge in [0.2, 0.25) is 0 Å². The second-order valence-electron chi connectivity index (χ2n) is 6.86. The van der Waals surface area contributed by atoms with Crippen molar-refractivity contribution in [3.63, 3.8) is 0 Å². The summed E-state index contributed by atoms with van der Waals surface area (Å²) in [7, 11) is 3.48. The fourth-order valence-electron chi connectivity index (χ4n) is 2.98. The lowest BCUT2D eigenvalue weighted by molar-refractivity contribution is 0.739. The summed E-state index contributed by atoms with van der Waals surface area (Å²) in [5.74, 6) is 0. The molecule has 0 atom stereocenters. The molecule has 0 unspecified atom stereocenters. The second kappa shape index (κ2) is 11.1. The summed E-state index contributed by atoms with van der Waals surface area (Å²) in [6.45, 7) is 0. The Morgan fingerprint density at radius 1 is 0.909 bits per heavy atom. The number of nitriles is 2. The van der Waals surface area contributed by atoms with Gasteiger partial charge in [-0.1, -0.05) is 35.3 Å². The third-order valence-corrected chi connectivity index (χ3v) is 6.12. The Labute approximate surface area is 209 Å². The van der Waals surface area contributed by atoms with E-state index in [4.69, 9.17) is 33.7 Å². The summed E-state index contributed by atoms with van der Waals surface area (Å²) in [4.78, 5) is 8.00. The first-order chi connectivity index (χ1) is 15.8. The molecule has 0 radical (unpaired) electrons. The monoisotopic (exact) mass is 542 g/mol. The summed E-state index contributed by atoms with van der Waals surface area (Å²) in [6.07, 6.45) is 4.41. The van der Waals surface area contributed by atoms with E-state index in [2.05, 4.69) is 48.2 Å². The van der Waals surface area contributed by atoms with Crippen molar-refractivity contribution < 1.29 is 0 Å². The molecular formula is C22H17BrCl2N8. The maximum atomic E-state index is 8.95. The van der Waals surface area contributed by atoms with Crippen molar-refractivity contribution in [2.75, 3.05) is 0 Å². The molecule has 0 aliphatic carbocycles. The Morgan fingerprint density at radius 3 is 2.00 bits per heavy atom. The topological polar surface area (TPSA) is 109 Å². The smallest absolute Gasteiger partial charge is 0.152 e. The number of rotatable bonds is 4. The van der Waals surface area contributed by atoms with Gasteiger partial charge in [0.15, 0.2) is 5.69 Å². The van der Waals surface area contributed by atoms with Crippen LogP contribution in [0.3, 0.4) is 0 Å². The molecule has 0 saturated carbocycles. The summed E-state index contributed by atoms with van der Waals surface area (Å²) < 4.78 is 3.81. The predicted octanol–water partition coefficient (Wildman–Crippen LogP) is 4.62. The van der Waals surface area contributed by atoms with Crippen molar-refractivity contribution in [1.82, 2.24) is 29.5 Å². The Hall–Kier alpha value is -3.24. The molecule has 0 spiro atoms. The highest BCUT2D eigenvalue weighted by Gasteiger charge is 2.15. The summed E-state index contributed by atoms with van der Waals surface area (Å²) in [5, 5.41) is 27.2. The van der Waals surface area contributed by atoms with Gasteiger partial charge in [0.05, 0.1) is 15.9 Å². The highest BCUT2D eigenvalue weighted by Crippen LogP contribution is 2.24. The van der Waals surface area contributed by atoms with Gasteiger partial charge in [-0.25, -0.2) is 9.97 Å². The van der Waals surface area contributed by atoms with Crippen LogP contribution in [0.5, 0.6) is 0 Å². The van der Waals surface area contributed by atoms with Crippen molar-refractivity contribution in [2.24, 2.45) is 14.1 Å². The van der Waals surface area contributed by atoms with Gasteiger partial charge in [0.25, 0.3) is 0 Å². The minimum atomic E-state index is 0.462. The van der Waals surface area contributed by atoms with E-state index >= 15 is 0 Å². The molecule has 4 aromatic heterocycles. The summed E-state index contributed by atoms with van der Waals surface area (Å²) >= 11 is 15.3. The maximum absolute atomic E-state index is 8.95. The second-order valence-corrected chi connectivity index (χ2v) is 8.37. The maximum Gasteiger partial charge on any atom is 0.152 e. The normalized spacial score (nSPS) is 10.2. The van der Waals surface area contributed by atoms with Crippen molar-refractivity contribution in [2.45, 2.75) is 12.8 Å². The van der Waals surface area contributed by atoms with Gasteiger partial charge in [0.1, 0.15) is 28.1 Å². The van der Waals surface area contributed by atoms with Crippen LogP contribution < -0.4 is 0 Å². The summed E-state index contributed by atoms with van der Waals surface area (Å²) in [5.41, 5.74) is 4.42. The third kappa shape index (κ3) is 5.96. The number of pyridine rings is 2. The minimum Gasteiger partial charge on any atom is -0.258 e. The number of hydrogen-bond donors (Lipinski definition) is 0. The van der Waals surface area contributed by atoms with Gasteiger partial charge in [-0.3, -0.25) is 9.36 Å². The molecular weight excluding hydrogens is 527 g/mol. The molecule has 0 aliphatic heterocycles. The SMILES string of the molecule is Cn1nc(Cc2cccnc2Cl)c(Br)c1C#N.Cn1nc(Cc2cccnc2Cl)cc1C#N. The fourth-order valence-corrected chi connectivity index (χ4v) is 3.92. The van der Waals surface area contributed by atoms with E-state index in [-0.39, 0.29) is 0 Å². The van der Waals surface area contributed by atoms with Crippen LogP contribution in [-0.2, 0) is 26.9 Å². The first-order valence-corrected chi connectivity index (χ1v) is 11.1. The lowest BCUT2D eigenvalue weighted by Gasteiger charge is -2.00. The van der Waals surface area contributed by atoms with Crippen LogP contribution in [0.15, 0.2) is 47.2 Å². The number of nitrogens with zero attached hydrogens (tertiary/aromatic N) is 8. The number of halogens is 3. The molecule has 8 nitrogen and oxygen atoms in total. The van der Waals surface area contributed by atoms with Gasteiger partial charge >= 0.3 is 0 Å². The molecule has 4 aromatic rings. The Balaban J connectivity index is 0.000000186. The number of aryl methyl sites for hydroxylation is 2. The lowest BCUT2D eigenvalue weighted by atomic mass is 10.1. The average Bonchev–Trinajstić information content (AvgIpc) is 3.29. The van der Waals surface area contributed by atoms with E-state index < -0.39 is 0 Å². The largest absolute Gasteiger partial charge is 0.258 e. The van der Waals surface area contributed by atoms with Crippen LogP contribution in [0.1, 0.15) is 33.9 Å². The van der Waals surface area contributed by atoms with Crippen LogP contribution in [0.2, 0.25) is 10.3 Å². The van der Waals surface area contributed by atoms with Crippen LogP contribution in [0.4, 0.5) is 0 Å². The fraction of sp³-hybridized carbons (Fsp3) is 0.182. The van der Waals surface area contributed by atoms with Gasteiger partial charge in [-0.05, 0) is 45.3 Å². The van der Waals surface area contributed by atoms with Crippen LogP contribution in [0, 0.1) is 22.7 Å². The highest BCUT2D eigenvalue weighted by molar-refractivity contribution is 9.10. The van der Waals surface area contributed by atoms with Gasteiger partial charge in [-0.15, -0.1) is 0 Å². The lowest BCUT2D eigenvalue weighted by Crippen LogP contribution is -1.96. The van der Waals surface area contributed by atoms with E-state index in [0.29, 0.717) is 39.0 Å². The average molecular weight is 544 g/mol. The van der Waals surface area contributed by atoms with Gasteiger partial charge in [0, 0.05) is 39.3 Å². The zero-order chi connectivity index (χ0) is 24.0. The molecule has 0 N–H and O–H groups in total. The molecule has 33 heavy (non-hydrogen) atoms. The first-order valence-electron chi connectivity index (χ1n) is 9.57. The quantitative estimate of drug-likeness (QED) is 0.347. The molecule has 0 aliphatic rings. The van der Waals surface area contributed by atoms with Gasteiger partial charge < -0.3 is 0 Å². The van der Waals surface area contributed by atoms with Gasteiger partial charge in [-0.2, -0.15) is 20.7 Å².